The Morgan fingerprint density at radius 2 is 1.87 bits per heavy atom. The maximum Gasteiger partial charge on any atom is 0.281 e. The molecule has 1 aliphatic heterocycles. The van der Waals surface area contributed by atoms with Gasteiger partial charge in [0, 0.05) is 26.2 Å². The van der Waals surface area contributed by atoms with Gasteiger partial charge in [0.1, 0.15) is 0 Å². The minimum atomic E-state index is 0.225. The number of nitrogens with zero attached hydrogens (tertiary/aromatic N) is 2. The highest BCUT2D eigenvalue weighted by Gasteiger charge is 2.19. The maximum atomic E-state index is 11.4. The highest BCUT2D eigenvalue weighted by atomic mass is 32.2. The fourth-order valence-corrected chi connectivity index (χ4v) is 2.31. The van der Waals surface area contributed by atoms with Crippen molar-refractivity contribution < 1.29 is 4.79 Å². The van der Waals surface area contributed by atoms with E-state index in [-0.39, 0.29) is 5.24 Å². The molecule has 0 aromatic carbocycles. The highest BCUT2D eigenvalue weighted by molar-refractivity contribution is 8.12. The van der Waals surface area contributed by atoms with Crippen LogP contribution in [0.1, 0.15) is 26.2 Å². The van der Waals surface area contributed by atoms with Gasteiger partial charge in [-0.2, -0.15) is 0 Å². The van der Waals surface area contributed by atoms with Gasteiger partial charge in [-0.15, -0.1) is 0 Å². The molecule has 1 amide bonds. The monoisotopic (exact) mass is 230 g/mol. The summed E-state index contributed by atoms with van der Waals surface area (Å²) in [7, 11) is 0. The summed E-state index contributed by atoms with van der Waals surface area (Å²) in [6, 6.07) is 0. The summed E-state index contributed by atoms with van der Waals surface area (Å²) < 4.78 is 0. The van der Waals surface area contributed by atoms with Crippen molar-refractivity contribution >= 4 is 17.0 Å². The lowest BCUT2D eigenvalue weighted by atomic mass is 10.2. The van der Waals surface area contributed by atoms with Crippen molar-refractivity contribution in [1.82, 2.24) is 9.80 Å². The van der Waals surface area contributed by atoms with Crippen LogP contribution >= 0.6 is 11.8 Å². The SMILES string of the molecule is CCCCCN1CCN(C(=O)SC)CC1. The van der Waals surface area contributed by atoms with Gasteiger partial charge < -0.3 is 4.90 Å². The van der Waals surface area contributed by atoms with Crippen molar-refractivity contribution in [2.75, 3.05) is 39.0 Å². The smallest absolute Gasteiger partial charge is 0.281 e. The highest BCUT2D eigenvalue weighted by Crippen LogP contribution is 2.09. The number of carbonyl (C=O) groups is 1. The molecule has 4 heteroatoms. The van der Waals surface area contributed by atoms with Gasteiger partial charge in [0.2, 0.25) is 0 Å². The van der Waals surface area contributed by atoms with Crippen molar-refractivity contribution in [3.8, 4) is 0 Å². The molecule has 1 saturated heterocycles. The molecule has 1 heterocycles. The second-order valence-electron chi connectivity index (χ2n) is 4.01. The number of thioether (sulfide) groups is 1. The molecule has 0 aliphatic carbocycles. The maximum absolute atomic E-state index is 11.4. The molecular formula is C11H22N2OS. The number of rotatable bonds is 4. The first kappa shape index (κ1) is 12.8. The molecule has 1 rings (SSSR count). The summed E-state index contributed by atoms with van der Waals surface area (Å²) >= 11 is 1.32. The average molecular weight is 230 g/mol. The Morgan fingerprint density at radius 3 is 2.40 bits per heavy atom. The van der Waals surface area contributed by atoms with Gasteiger partial charge in [0.25, 0.3) is 5.24 Å². The number of hydrogen-bond acceptors (Lipinski definition) is 3. The minimum Gasteiger partial charge on any atom is -0.331 e. The predicted molar refractivity (Wildman–Crippen MR) is 66.4 cm³/mol. The van der Waals surface area contributed by atoms with E-state index >= 15 is 0 Å². The first-order valence-corrected chi connectivity index (χ1v) is 7.05. The Bertz CT molecular complexity index is 191. The average Bonchev–Trinajstić information content (AvgIpc) is 2.29. The number of piperazine rings is 1. The summed E-state index contributed by atoms with van der Waals surface area (Å²) in [5.74, 6) is 0. The zero-order valence-electron chi connectivity index (χ0n) is 9.87. The number of amides is 1. The van der Waals surface area contributed by atoms with E-state index in [1.807, 2.05) is 11.2 Å². The quantitative estimate of drug-likeness (QED) is 0.692. The molecule has 15 heavy (non-hydrogen) atoms. The Balaban J connectivity index is 2.15. The summed E-state index contributed by atoms with van der Waals surface area (Å²) in [5, 5.41) is 0.225. The Hall–Kier alpha value is -0.220. The molecule has 88 valence electrons. The zero-order valence-corrected chi connectivity index (χ0v) is 10.7. The Morgan fingerprint density at radius 1 is 1.20 bits per heavy atom. The third-order valence-corrected chi connectivity index (χ3v) is 3.49. The van der Waals surface area contributed by atoms with Crippen molar-refractivity contribution in [2.24, 2.45) is 0 Å². The molecule has 0 bridgehead atoms. The first-order chi connectivity index (χ1) is 7.27. The second-order valence-corrected chi connectivity index (χ2v) is 4.76. The van der Waals surface area contributed by atoms with Crippen molar-refractivity contribution in [3.63, 3.8) is 0 Å². The van der Waals surface area contributed by atoms with E-state index < -0.39 is 0 Å². The Kier molecular flexibility index (Phi) is 6.10. The third kappa shape index (κ3) is 4.43. The molecule has 0 saturated carbocycles. The van der Waals surface area contributed by atoms with E-state index in [4.69, 9.17) is 0 Å². The van der Waals surface area contributed by atoms with Crippen LogP contribution in [0.15, 0.2) is 0 Å². The van der Waals surface area contributed by atoms with Crippen LogP contribution < -0.4 is 0 Å². The van der Waals surface area contributed by atoms with E-state index in [9.17, 15) is 4.79 Å². The Labute approximate surface area is 97.2 Å². The van der Waals surface area contributed by atoms with Crippen LogP contribution in [-0.2, 0) is 0 Å². The van der Waals surface area contributed by atoms with Crippen LogP contribution in [0.5, 0.6) is 0 Å². The van der Waals surface area contributed by atoms with E-state index in [0.717, 1.165) is 26.2 Å². The summed E-state index contributed by atoms with van der Waals surface area (Å²) in [6.07, 6.45) is 5.76. The minimum absolute atomic E-state index is 0.225. The van der Waals surface area contributed by atoms with Crippen molar-refractivity contribution in [1.29, 1.82) is 0 Å². The van der Waals surface area contributed by atoms with Gasteiger partial charge >= 0.3 is 0 Å². The van der Waals surface area contributed by atoms with Crippen LogP contribution in [0.2, 0.25) is 0 Å². The molecule has 0 aromatic rings. The van der Waals surface area contributed by atoms with Crippen molar-refractivity contribution in [2.45, 2.75) is 26.2 Å². The first-order valence-electron chi connectivity index (χ1n) is 5.83. The number of carbonyl (C=O) groups excluding carboxylic acids is 1. The molecule has 1 aliphatic rings. The molecule has 1 fully saturated rings. The molecule has 3 nitrogen and oxygen atoms in total. The predicted octanol–water partition coefficient (Wildman–Crippen LogP) is 2.28. The topological polar surface area (TPSA) is 23.6 Å². The van der Waals surface area contributed by atoms with Gasteiger partial charge in [0.05, 0.1) is 0 Å². The molecule has 0 radical (unpaired) electrons. The summed E-state index contributed by atoms with van der Waals surface area (Å²) in [6.45, 7) is 7.36. The van der Waals surface area contributed by atoms with E-state index in [1.54, 1.807) is 0 Å². The molecular weight excluding hydrogens is 208 g/mol. The standard InChI is InChI=1S/C11H22N2OS/c1-3-4-5-6-12-7-9-13(10-8-12)11(14)15-2/h3-10H2,1-2H3. The van der Waals surface area contributed by atoms with Crippen LogP contribution in [0.4, 0.5) is 4.79 Å². The van der Waals surface area contributed by atoms with Gasteiger partial charge in [-0.25, -0.2) is 0 Å². The van der Waals surface area contributed by atoms with Gasteiger partial charge in [0.15, 0.2) is 0 Å². The normalized spacial score (nSPS) is 18.1. The third-order valence-electron chi connectivity index (χ3n) is 2.88. The number of unbranched alkanes of at least 4 members (excludes halogenated alkanes) is 2. The van der Waals surface area contributed by atoms with E-state index in [2.05, 4.69) is 11.8 Å². The molecule has 0 spiro atoms. The molecule has 0 unspecified atom stereocenters. The van der Waals surface area contributed by atoms with Gasteiger partial charge in [-0.3, -0.25) is 9.69 Å². The summed E-state index contributed by atoms with van der Waals surface area (Å²) in [5.41, 5.74) is 0. The van der Waals surface area contributed by atoms with Crippen LogP contribution in [0.25, 0.3) is 0 Å². The molecule has 0 N–H and O–H groups in total. The van der Waals surface area contributed by atoms with Crippen molar-refractivity contribution in [3.05, 3.63) is 0 Å². The summed E-state index contributed by atoms with van der Waals surface area (Å²) in [4.78, 5) is 15.8. The lowest BCUT2D eigenvalue weighted by Gasteiger charge is -2.34. The van der Waals surface area contributed by atoms with Crippen LogP contribution in [0.3, 0.4) is 0 Å². The van der Waals surface area contributed by atoms with Gasteiger partial charge in [-0.1, -0.05) is 31.5 Å². The molecule has 0 atom stereocenters. The lowest BCUT2D eigenvalue weighted by molar-refractivity contribution is 0.152. The van der Waals surface area contributed by atoms with Crippen LogP contribution in [-0.4, -0.2) is 54.0 Å². The largest absolute Gasteiger partial charge is 0.331 e. The fraction of sp³-hybridized carbons (Fsp3) is 0.909. The van der Waals surface area contributed by atoms with E-state index in [1.165, 1.54) is 37.6 Å². The fourth-order valence-electron chi connectivity index (χ4n) is 1.87. The van der Waals surface area contributed by atoms with E-state index in [0.29, 0.717) is 0 Å². The van der Waals surface area contributed by atoms with Gasteiger partial charge in [-0.05, 0) is 19.2 Å². The lowest BCUT2D eigenvalue weighted by Crippen LogP contribution is -2.47. The number of hydrogen-bond donors (Lipinski definition) is 0. The zero-order chi connectivity index (χ0) is 11.1. The molecule has 0 aromatic heterocycles. The van der Waals surface area contributed by atoms with Crippen LogP contribution in [0, 0.1) is 0 Å². The second kappa shape index (κ2) is 7.12.